The van der Waals surface area contributed by atoms with Crippen LogP contribution in [0.2, 0.25) is 0 Å². The van der Waals surface area contributed by atoms with Crippen LogP contribution in [0.25, 0.3) is 0 Å². The maximum atomic E-state index is 11.7. The minimum absolute atomic E-state index is 0.0159. The number of rotatable bonds is 5. The summed E-state index contributed by atoms with van der Waals surface area (Å²) in [5.41, 5.74) is 2.28. The van der Waals surface area contributed by atoms with Crippen LogP contribution in [0, 0.1) is 5.92 Å². The van der Waals surface area contributed by atoms with E-state index in [2.05, 4.69) is 17.0 Å². The largest absolute Gasteiger partial charge is 0.497 e. The highest BCUT2D eigenvalue weighted by Gasteiger charge is 2.38. The molecule has 0 aliphatic carbocycles. The van der Waals surface area contributed by atoms with Gasteiger partial charge in [-0.05, 0) is 23.3 Å². The first-order valence-electron chi connectivity index (χ1n) is 7.80. The van der Waals surface area contributed by atoms with E-state index < -0.39 is 5.97 Å². The second-order valence-electron chi connectivity index (χ2n) is 6.00. The smallest absolute Gasteiger partial charge is 0.308 e. The molecule has 120 valence electrons. The van der Waals surface area contributed by atoms with E-state index in [1.807, 2.05) is 42.5 Å². The van der Waals surface area contributed by atoms with E-state index in [0.717, 1.165) is 24.4 Å². The second kappa shape index (κ2) is 6.84. The molecule has 1 saturated heterocycles. The number of nitrogens with zero attached hydrogens (tertiary/aromatic N) is 1. The summed E-state index contributed by atoms with van der Waals surface area (Å²) in [5.74, 6) is -0.282. The predicted octanol–water partition coefficient (Wildman–Crippen LogP) is 3.00. The highest BCUT2D eigenvalue weighted by Crippen LogP contribution is 2.34. The molecule has 23 heavy (non-hydrogen) atoms. The zero-order valence-electron chi connectivity index (χ0n) is 13.2. The Kier molecular flexibility index (Phi) is 4.63. The molecule has 0 amide bonds. The number of likely N-dealkylation sites (tertiary alicyclic amines) is 1. The molecule has 0 radical (unpaired) electrons. The fourth-order valence-electron chi connectivity index (χ4n) is 3.30. The molecule has 2 aromatic carbocycles. The van der Waals surface area contributed by atoms with Gasteiger partial charge in [0, 0.05) is 25.6 Å². The van der Waals surface area contributed by atoms with Crippen molar-refractivity contribution in [1.82, 2.24) is 4.90 Å². The fraction of sp³-hybridized carbons (Fsp3) is 0.316. The first kappa shape index (κ1) is 15.6. The number of ether oxygens (including phenoxy) is 1. The summed E-state index contributed by atoms with van der Waals surface area (Å²) in [7, 11) is 1.63. The molecular formula is C19H21NO3. The topological polar surface area (TPSA) is 49.8 Å². The number of hydrogen-bond donors (Lipinski definition) is 1. The average Bonchev–Trinajstić information content (AvgIpc) is 3.00. The summed E-state index contributed by atoms with van der Waals surface area (Å²) in [6.07, 6.45) is 0. The normalized spacial score (nSPS) is 21.3. The highest BCUT2D eigenvalue weighted by molar-refractivity contribution is 5.72. The monoisotopic (exact) mass is 311 g/mol. The zero-order chi connectivity index (χ0) is 16.2. The van der Waals surface area contributed by atoms with Crippen LogP contribution in [0.5, 0.6) is 5.75 Å². The van der Waals surface area contributed by atoms with Crippen LogP contribution in [0.4, 0.5) is 0 Å². The highest BCUT2D eigenvalue weighted by atomic mass is 16.5. The van der Waals surface area contributed by atoms with Crippen molar-refractivity contribution in [2.24, 2.45) is 5.92 Å². The van der Waals surface area contributed by atoms with Crippen LogP contribution < -0.4 is 4.74 Å². The van der Waals surface area contributed by atoms with Gasteiger partial charge in [0.1, 0.15) is 5.75 Å². The first-order valence-corrected chi connectivity index (χ1v) is 7.80. The van der Waals surface area contributed by atoms with Crippen molar-refractivity contribution in [3.8, 4) is 5.75 Å². The predicted molar refractivity (Wildman–Crippen MR) is 88.6 cm³/mol. The van der Waals surface area contributed by atoms with E-state index >= 15 is 0 Å². The number of benzene rings is 2. The number of aliphatic carboxylic acids is 1. The van der Waals surface area contributed by atoms with Gasteiger partial charge in [0.05, 0.1) is 13.0 Å². The number of carboxylic acids is 1. The second-order valence-corrected chi connectivity index (χ2v) is 6.00. The third-order valence-corrected chi connectivity index (χ3v) is 4.51. The summed E-state index contributed by atoms with van der Waals surface area (Å²) in [4.78, 5) is 13.9. The quantitative estimate of drug-likeness (QED) is 0.922. The lowest BCUT2D eigenvalue weighted by atomic mass is 9.89. The maximum absolute atomic E-state index is 11.7. The van der Waals surface area contributed by atoms with Gasteiger partial charge in [-0.15, -0.1) is 0 Å². The summed E-state index contributed by atoms with van der Waals surface area (Å²) < 4.78 is 5.18. The summed E-state index contributed by atoms with van der Waals surface area (Å²) in [5, 5.41) is 9.58. The van der Waals surface area contributed by atoms with Gasteiger partial charge in [-0.1, -0.05) is 42.5 Å². The molecule has 1 aliphatic heterocycles. The molecule has 2 atom stereocenters. The Balaban J connectivity index is 1.76. The van der Waals surface area contributed by atoms with Crippen LogP contribution in [-0.4, -0.2) is 36.2 Å². The lowest BCUT2D eigenvalue weighted by molar-refractivity contribution is -0.141. The van der Waals surface area contributed by atoms with Crippen molar-refractivity contribution < 1.29 is 14.6 Å². The van der Waals surface area contributed by atoms with Gasteiger partial charge in [0.2, 0.25) is 0 Å². The molecule has 1 fully saturated rings. The van der Waals surface area contributed by atoms with E-state index in [0.29, 0.717) is 6.54 Å². The van der Waals surface area contributed by atoms with Gasteiger partial charge < -0.3 is 9.84 Å². The van der Waals surface area contributed by atoms with Crippen molar-refractivity contribution in [3.05, 3.63) is 65.7 Å². The Hall–Kier alpha value is -2.33. The molecule has 3 rings (SSSR count). The fourth-order valence-corrected chi connectivity index (χ4v) is 3.30. The molecule has 4 heteroatoms. The van der Waals surface area contributed by atoms with Gasteiger partial charge in [-0.2, -0.15) is 0 Å². The Morgan fingerprint density at radius 3 is 2.43 bits per heavy atom. The van der Waals surface area contributed by atoms with E-state index in [4.69, 9.17) is 4.74 Å². The summed E-state index contributed by atoms with van der Waals surface area (Å²) >= 11 is 0. The van der Waals surface area contributed by atoms with E-state index in [1.54, 1.807) is 7.11 Å². The number of carbonyl (C=O) groups is 1. The Morgan fingerprint density at radius 2 is 1.83 bits per heavy atom. The van der Waals surface area contributed by atoms with Crippen LogP contribution >= 0.6 is 0 Å². The lowest BCUT2D eigenvalue weighted by Gasteiger charge is -2.16. The molecule has 0 aromatic heterocycles. The maximum Gasteiger partial charge on any atom is 0.308 e. The molecule has 0 saturated carbocycles. The molecule has 1 N–H and O–H groups in total. The zero-order valence-corrected chi connectivity index (χ0v) is 13.2. The third kappa shape index (κ3) is 3.54. The lowest BCUT2D eigenvalue weighted by Crippen LogP contribution is -2.23. The van der Waals surface area contributed by atoms with Crippen LogP contribution in [0.1, 0.15) is 17.0 Å². The standard InChI is InChI=1S/C19H21NO3/c1-23-16-9-7-15(8-10-16)17-12-20(13-18(17)19(21)22)11-14-5-3-2-4-6-14/h2-10,17-18H,11-13H2,1H3,(H,21,22). The SMILES string of the molecule is COc1ccc(C2CN(Cc3ccccc3)CC2C(=O)O)cc1. The number of methoxy groups -OCH3 is 1. The minimum Gasteiger partial charge on any atom is -0.497 e. The molecule has 1 aliphatic rings. The van der Waals surface area contributed by atoms with Crippen molar-refractivity contribution in [3.63, 3.8) is 0 Å². The molecular weight excluding hydrogens is 290 g/mol. The van der Waals surface area contributed by atoms with Gasteiger partial charge >= 0.3 is 5.97 Å². The number of hydrogen-bond acceptors (Lipinski definition) is 3. The van der Waals surface area contributed by atoms with E-state index in [-0.39, 0.29) is 11.8 Å². The molecule has 0 spiro atoms. The van der Waals surface area contributed by atoms with Crippen molar-refractivity contribution >= 4 is 5.97 Å². The first-order chi connectivity index (χ1) is 11.2. The molecule has 4 nitrogen and oxygen atoms in total. The van der Waals surface area contributed by atoms with Crippen LogP contribution in [0.15, 0.2) is 54.6 Å². The van der Waals surface area contributed by atoms with Gasteiger partial charge in [0.15, 0.2) is 0 Å². The third-order valence-electron chi connectivity index (χ3n) is 4.51. The number of carboxylic acid groups (broad SMARTS) is 1. The van der Waals surface area contributed by atoms with Gasteiger partial charge in [0.25, 0.3) is 0 Å². The van der Waals surface area contributed by atoms with Crippen molar-refractivity contribution in [2.75, 3.05) is 20.2 Å². The molecule has 1 heterocycles. The van der Waals surface area contributed by atoms with E-state index in [9.17, 15) is 9.90 Å². The average molecular weight is 311 g/mol. The van der Waals surface area contributed by atoms with Gasteiger partial charge in [-0.25, -0.2) is 0 Å². The van der Waals surface area contributed by atoms with Crippen LogP contribution in [0.3, 0.4) is 0 Å². The Bertz CT molecular complexity index is 654. The molecule has 2 unspecified atom stereocenters. The Labute approximate surface area is 136 Å². The summed E-state index contributed by atoms with van der Waals surface area (Å²) in [6.45, 7) is 2.14. The molecule has 0 bridgehead atoms. The van der Waals surface area contributed by atoms with Crippen molar-refractivity contribution in [2.45, 2.75) is 12.5 Å². The van der Waals surface area contributed by atoms with E-state index in [1.165, 1.54) is 5.56 Å². The molecule has 2 aromatic rings. The van der Waals surface area contributed by atoms with Gasteiger partial charge in [-0.3, -0.25) is 9.69 Å². The van der Waals surface area contributed by atoms with Crippen LogP contribution in [-0.2, 0) is 11.3 Å². The minimum atomic E-state index is -0.721. The van der Waals surface area contributed by atoms with Crippen molar-refractivity contribution in [1.29, 1.82) is 0 Å². The Morgan fingerprint density at radius 1 is 1.13 bits per heavy atom. The summed E-state index contributed by atoms with van der Waals surface area (Å²) in [6, 6.07) is 17.9.